The zero-order valence-corrected chi connectivity index (χ0v) is 18.6. The van der Waals surface area contributed by atoms with E-state index >= 15 is 0 Å². The zero-order valence-electron chi connectivity index (χ0n) is 17.8. The smallest absolute Gasteiger partial charge is 0.452 e. The molecule has 0 bridgehead atoms. The van der Waals surface area contributed by atoms with Crippen LogP contribution in [0.5, 0.6) is 5.75 Å². The lowest BCUT2D eigenvalue weighted by molar-refractivity contribution is -0.155. The predicted molar refractivity (Wildman–Crippen MR) is 107 cm³/mol. The summed E-state index contributed by atoms with van der Waals surface area (Å²) < 4.78 is 73.1. The number of sulfone groups is 1. The van der Waals surface area contributed by atoms with Gasteiger partial charge >= 0.3 is 6.18 Å². The Bertz CT molecular complexity index is 1160. The molecule has 0 radical (unpaired) electrons. The molecule has 4 rings (SSSR count). The van der Waals surface area contributed by atoms with Gasteiger partial charge in [-0.15, -0.1) is 0 Å². The minimum absolute atomic E-state index is 0.0114. The molecular formula is C21H23F3N2O5S. The van der Waals surface area contributed by atoms with E-state index in [0.29, 0.717) is 19.4 Å². The Morgan fingerprint density at radius 3 is 2.69 bits per heavy atom. The monoisotopic (exact) mass is 472 g/mol. The number of halogens is 3. The summed E-state index contributed by atoms with van der Waals surface area (Å²) in [6.07, 6.45) is -2.48. The van der Waals surface area contributed by atoms with Crippen LogP contribution in [0.2, 0.25) is 0 Å². The van der Waals surface area contributed by atoms with Crippen LogP contribution in [0.1, 0.15) is 48.5 Å². The van der Waals surface area contributed by atoms with E-state index in [1.165, 1.54) is 23.1 Å². The van der Waals surface area contributed by atoms with Gasteiger partial charge in [-0.1, -0.05) is 12.1 Å². The lowest BCUT2D eigenvalue weighted by Crippen LogP contribution is -2.33. The first-order chi connectivity index (χ1) is 14.8. The fourth-order valence-corrected chi connectivity index (χ4v) is 4.80. The molecule has 2 aromatic rings. The fourth-order valence-electron chi connectivity index (χ4n) is 4.16. The van der Waals surface area contributed by atoms with Crippen molar-refractivity contribution in [3.05, 3.63) is 41.3 Å². The van der Waals surface area contributed by atoms with Crippen LogP contribution in [-0.4, -0.2) is 49.8 Å². The molecule has 2 aliphatic rings. The second kappa shape index (κ2) is 7.50. The second-order valence-corrected chi connectivity index (χ2v) is 10.6. The molecule has 1 saturated carbocycles. The third-order valence-electron chi connectivity index (χ3n) is 6.25. The molecule has 1 aromatic heterocycles. The number of carbonyl (C=O) groups is 1. The molecule has 1 amide bonds. The van der Waals surface area contributed by atoms with Gasteiger partial charge in [-0.2, -0.15) is 13.2 Å². The standard InChI is InChI=1S/C21H23F3N2O5S/c1-4-12(2)30-16-6-5-14(32(3,28)29)7-15(16)19(27)26-10-13-9-20(13,11-26)17-8-18(31-25-17)21(22,23)24/h5-8,12-13H,4,9-11H2,1-3H3/t12-,13+,20+/m1/s1. The van der Waals surface area contributed by atoms with Crippen molar-refractivity contribution < 1.29 is 35.6 Å². The Kier molecular flexibility index (Phi) is 5.30. The van der Waals surface area contributed by atoms with E-state index in [9.17, 15) is 26.4 Å². The van der Waals surface area contributed by atoms with Crippen molar-refractivity contribution in [2.45, 2.75) is 49.3 Å². The Morgan fingerprint density at radius 1 is 1.38 bits per heavy atom. The largest absolute Gasteiger partial charge is 0.490 e. The third kappa shape index (κ3) is 3.98. The van der Waals surface area contributed by atoms with Crippen molar-refractivity contribution in [3.63, 3.8) is 0 Å². The molecule has 0 N–H and O–H groups in total. The van der Waals surface area contributed by atoms with Crippen LogP contribution in [0.25, 0.3) is 0 Å². The molecule has 1 aromatic carbocycles. The fraction of sp³-hybridized carbons (Fsp3) is 0.524. The van der Waals surface area contributed by atoms with Gasteiger partial charge < -0.3 is 14.2 Å². The molecular weight excluding hydrogens is 449 g/mol. The van der Waals surface area contributed by atoms with Gasteiger partial charge in [0.05, 0.1) is 22.3 Å². The SMILES string of the molecule is CC[C@@H](C)Oc1ccc(S(C)(=O)=O)cc1C(=O)N1C[C@@H]2C[C@]2(c2cc(C(F)(F)F)on2)C1. The van der Waals surface area contributed by atoms with E-state index in [-0.39, 0.29) is 40.5 Å². The van der Waals surface area contributed by atoms with Gasteiger partial charge in [0, 0.05) is 30.8 Å². The van der Waals surface area contributed by atoms with Crippen molar-refractivity contribution in [2.75, 3.05) is 19.3 Å². The minimum Gasteiger partial charge on any atom is -0.490 e. The number of nitrogens with zero attached hydrogens (tertiary/aromatic N) is 2. The molecule has 3 atom stereocenters. The van der Waals surface area contributed by atoms with E-state index in [1.807, 2.05) is 13.8 Å². The van der Waals surface area contributed by atoms with Gasteiger partial charge in [0.1, 0.15) is 5.75 Å². The molecule has 7 nitrogen and oxygen atoms in total. The highest BCUT2D eigenvalue weighted by Gasteiger charge is 2.64. The van der Waals surface area contributed by atoms with Crippen LogP contribution < -0.4 is 4.74 Å². The number of ether oxygens (including phenoxy) is 1. The van der Waals surface area contributed by atoms with Crippen molar-refractivity contribution in [1.29, 1.82) is 0 Å². The molecule has 1 aliphatic carbocycles. The number of fused-ring (bicyclic) bond motifs is 1. The summed E-state index contributed by atoms with van der Waals surface area (Å²) >= 11 is 0. The summed E-state index contributed by atoms with van der Waals surface area (Å²) in [6.45, 7) is 4.26. The number of carbonyl (C=O) groups excluding carboxylic acids is 1. The van der Waals surface area contributed by atoms with Gasteiger partial charge in [0.25, 0.3) is 5.91 Å². The molecule has 0 unspecified atom stereocenters. The third-order valence-corrected chi connectivity index (χ3v) is 7.36. The highest BCUT2D eigenvalue weighted by atomic mass is 32.2. The molecule has 11 heteroatoms. The maximum atomic E-state index is 13.3. The van der Waals surface area contributed by atoms with Gasteiger partial charge in [-0.25, -0.2) is 8.42 Å². The van der Waals surface area contributed by atoms with Gasteiger partial charge in [0.2, 0.25) is 5.76 Å². The summed E-state index contributed by atoms with van der Waals surface area (Å²) in [5, 5.41) is 3.62. The Morgan fingerprint density at radius 2 is 2.09 bits per heavy atom. The highest BCUT2D eigenvalue weighted by Crippen LogP contribution is 2.59. The number of piperidine rings is 1. The number of likely N-dealkylation sites (tertiary alicyclic amines) is 1. The van der Waals surface area contributed by atoms with Crippen LogP contribution in [0.4, 0.5) is 13.2 Å². The summed E-state index contributed by atoms with van der Waals surface area (Å²) in [7, 11) is -3.56. The summed E-state index contributed by atoms with van der Waals surface area (Å²) in [4.78, 5) is 14.9. The number of hydrogen-bond acceptors (Lipinski definition) is 6. The van der Waals surface area contributed by atoms with E-state index in [0.717, 1.165) is 12.3 Å². The molecule has 32 heavy (non-hydrogen) atoms. The predicted octanol–water partition coefficient (Wildman–Crippen LogP) is 3.69. The second-order valence-electron chi connectivity index (χ2n) is 8.58. The van der Waals surface area contributed by atoms with Crippen molar-refractivity contribution in [1.82, 2.24) is 10.1 Å². The first-order valence-electron chi connectivity index (χ1n) is 10.2. The average molecular weight is 472 g/mol. The van der Waals surface area contributed by atoms with E-state index < -0.39 is 33.1 Å². The van der Waals surface area contributed by atoms with Crippen molar-refractivity contribution in [3.8, 4) is 5.75 Å². The van der Waals surface area contributed by atoms with Crippen LogP contribution >= 0.6 is 0 Å². The van der Waals surface area contributed by atoms with Crippen molar-refractivity contribution >= 4 is 15.7 Å². The van der Waals surface area contributed by atoms with Gasteiger partial charge in [-0.05, 0) is 43.9 Å². The maximum Gasteiger partial charge on any atom is 0.452 e. The number of aromatic nitrogens is 1. The normalized spacial score (nSPS) is 23.7. The summed E-state index contributed by atoms with van der Waals surface area (Å²) in [6, 6.07) is 5.05. The highest BCUT2D eigenvalue weighted by molar-refractivity contribution is 7.90. The van der Waals surface area contributed by atoms with Gasteiger partial charge in [-0.3, -0.25) is 4.79 Å². The molecule has 1 aliphatic heterocycles. The Hall–Kier alpha value is -2.56. The lowest BCUT2D eigenvalue weighted by Gasteiger charge is -2.23. The lowest BCUT2D eigenvalue weighted by atomic mass is 10.0. The Balaban J connectivity index is 1.62. The quantitative estimate of drug-likeness (QED) is 0.637. The van der Waals surface area contributed by atoms with Crippen LogP contribution in [0.15, 0.2) is 33.7 Å². The summed E-state index contributed by atoms with van der Waals surface area (Å²) in [5.41, 5.74) is -0.374. The molecule has 0 spiro atoms. The minimum atomic E-state index is -4.63. The van der Waals surface area contributed by atoms with Gasteiger partial charge in [0.15, 0.2) is 9.84 Å². The number of alkyl halides is 3. The molecule has 2 heterocycles. The van der Waals surface area contributed by atoms with E-state index in [1.54, 1.807) is 0 Å². The zero-order chi connectivity index (χ0) is 23.5. The Labute approximate surface area is 183 Å². The first kappa shape index (κ1) is 22.6. The molecule has 2 fully saturated rings. The molecule has 1 saturated heterocycles. The number of amides is 1. The number of hydrogen-bond donors (Lipinski definition) is 0. The van der Waals surface area contributed by atoms with Crippen LogP contribution in [-0.2, 0) is 21.4 Å². The van der Waals surface area contributed by atoms with E-state index in [4.69, 9.17) is 4.74 Å². The summed E-state index contributed by atoms with van der Waals surface area (Å²) in [5.74, 6) is -1.36. The van der Waals surface area contributed by atoms with Crippen molar-refractivity contribution in [2.24, 2.45) is 5.92 Å². The van der Waals surface area contributed by atoms with Crippen LogP contribution in [0, 0.1) is 5.92 Å². The number of rotatable bonds is 6. The maximum absolute atomic E-state index is 13.3. The average Bonchev–Trinajstić information content (AvgIpc) is 3.09. The van der Waals surface area contributed by atoms with Crippen LogP contribution in [0.3, 0.4) is 0 Å². The molecule has 174 valence electrons. The van der Waals surface area contributed by atoms with E-state index in [2.05, 4.69) is 9.68 Å². The topological polar surface area (TPSA) is 89.7 Å². The first-order valence-corrected chi connectivity index (χ1v) is 12.1. The number of benzene rings is 1.